The summed E-state index contributed by atoms with van der Waals surface area (Å²) in [6, 6.07) is 8.31. The van der Waals surface area contributed by atoms with E-state index in [0.29, 0.717) is 34.1 Å². The highest BCUT2D eigenvalue weighted by Crippen LogP contribution is 2.43. The molecule has 3 aromatic rings. The molecule has 0 saturated heterocycles. The number of amides is 1. The molecule has 6 heteroatoms. The number of aliphatic hydroxyl groups is 1. The molecule has 1 aliphatic heterocycles. The molecule has 2 heterocycles. The van der Waals surface area contributed by atoms with Crippen molar-refractivity contribution >= 4 is 16.8 Å². The van der Waals surface area contributed by atoms with Crippen LogP contribution in [0.3, 0.4) is 0 Å². The summed E-state index contributed by atoms with van der Waals surface area (Å²) in [7, 11) is 0. The van der Waals surface area contributed by atoms with Crippen LogP contribution in [0.5, 0.6) is 0 Å². The van der Waals surface area contributed by atoms with Crippen molar-refractivity contribution in [2.24, 2.45) is 0 Å². The molecule has 1 aliphatic rings. The van der Waals surface area contributed by atoms with Crippen molar-refractivity contribution in [2.75, 3.05) is 0 Å². The number of unbranched alkanes of at least 4 members (excludes halogenated alkanes) is 1. The zero-order chi connectivity index (χ0) is 23.9. The number of hydrogen-bond donors (Lipinski definition) is 2. The third-order valence-corrected chi connectivity index (χ3v) is 6.53. The maximum atomic E-state index is 15.2. The molecule has 4 rings (SSSR count). The second kappa shape index (κ2) is 8.64. The Morgan fingerprint density at radius 3 is 2.58 bits per heavy atom. The van der Waals surface area contributed by atoms with Crippen LogP contribution in [0, 0.1) is 24.0 Å². The summed E-state index contributed by atoms with van der Waals surface area (Å²) in [5.74, 6) is 0.938. The number of benzene rings is 2. The summed E-state index contributed by atoms with van der Waals surface area (Å²) in [4.78, 5) is 17.8. The van der Waals surface area contributed by atoms with E-state index < -0.39 is 23.4 Å². The van der Waals surface area contributed by atoms with Crippen LogP contribution in [0.15, 0.2) is 36.4 Å². The highest BCUT2D eigenvalue weighted by atomic mass is 19.1. The molecule has 0 radical (unpaired) electrons. The summed E-state index contributed by atoms with van der Waals surface area (Å²) in [6.07, 6.45) is 8.64. The third-order valence-electron chi connectivity index (χ3n) is 6.53. The Hall–Kier alpha value is -3.17. The lowest BCUT2D eigenvalue weighted by Crippen LogP contribution is -2.47. The van der Waals surface area contributed by atoms with Crippen LogP contribution in [-0.4, -0.2) is 26.9 Å². The SMILES string of the molecule is C#CC(=O)N1C(c2ccc(F)cc2)c2[nH]c3c(F)cc(C(C)(C)O)cc3c2C[C@@H]1CCCC. The van der Waals surface area contributed by atoms with Gasteiger partial charge >= 0.3 is 0 Å². The number of nitrogens with one attached hydrogen (secondary N) is 1. The molecule has 0 spiro atoms. The smallest absolute Gasteiger partial charge is 0.299 e. The van der Waals surface area contributed by atoms with Crippen LogP contribution < -0.4 is 0 Å². The summed E-state index contributed by atoms with van der Waals surface area (Å²) < 4.78 is 28.9. The maximum absolute atomic E-state index is 15.2. The number of rotatable bonds is 5. The molecule has 1 unspecified atom stereocenters. The van der Waals surface area contributed by atoms with Crippen LogP contribution in [0.2, 0.25) is 0 Å². The fourth-order valence-corrected chi connectivity index (χ4v) is 4.83. The number of carbonyl (C=O) groups excluding carboxylic acids is 1. The predicted octanol–water partition coefficient (Wildman–Crippen LogP) is 5.34. The monoisotopic (exact) mass is 450 g/mol. The zero-order valence-corrected chi connectivity index (χ0v) is 19.1. The lowest BCUT2D eigenvalue weighted by Gasteiger charge is -2.41. The standard InChI is InChI=1S/C27H28F2N2O2/c1-5-7-8-19-15-21-20-13-17(27(3,4)33)14-22(29)24(20)30-25(21)26(31(19)23(32)6-2)16-9-11-18(28)12-10-16/h2,9-14,19,26,30,33H,5,7-8,15H2,1,3-4H3/t19-,26?/m0/s1. The second-order valence-electron chi connectivity index (χ2n) is 9.27. The van der Waals surface area contributed by atoms with Gasteiger partial charge < -0.3 is 15.0 Å². The molecule has 4 nitrogen and oxygen atoms in total. The van der Waals surface area contributed by atoms with Crippen molar-refractivity contribution in [1.82, 2.24) is 9.88 Å². The van der Waals surface area contributed by atoms with Crippen LogP contribution in [0.25, 0.3) is 10.9 Å². The number of halogens is 2. The molecule has 2 aromatic carbocycles. The first-order valence-corrected chi connectivity index (χ1v) is 11.3. The Kier molecular flexibility index (Phi) is 6.02. The molecule has 0 aliphatic carbocycles. The van der Waals surface area contributed by atoms with Gasteiger partial charge in [-0.05, 0) is 73.6 Å². The number of carbonyl (C=O) groups is 1. The van der Waals surface area contributed by atoms with Crippen LogP contribution in [0.1, 0.15) is 68.5 Å². The number of aromatic amines is 1. The minimum absolute atomic E-state index is 0.191. The molecule has 2 N–H and O–H groups in total. The molecule has 0 saturated carbocycles. The van der Waals surface area contributed by atoms with E-state index in [1.165, 1.54) is 18.2 Å². The molecule has 2 atom stereocenters. The molecule has 172 valence electrons. The van der Waals surface area contributed by atoms with Crippen molar-refractivity contribution in [2.45, 2.75) is 64.1 Å². The Morgan fingerprint density at radius 1 is 1.27 bits per heavy atom. The van der Waals surface area contributed by atoms with Gasteiger partial charge in [0, 0.05) is 17.1 Å². The largest absolute Gasteiger partial charge is 0.386 e. The maximum Gasteiger partial charge on any atom is 0.299 e. The second-order valence-corrected chi connectivity index (χ2v) is 9.27. The Bertz CT molecular complexity index is 1230. The van der Waals surface area contributed by atoms with Gasteiger partial charge in [-0.1, -0.05) is 31.9 Å². The lowest BCUT2D eigenvalue weighted by molar-refractivity contribution is -0.130. The summed E-state index contributed by atoms with van der Waals surface area (Å²) >= 11 is 0. The summed E-state index contributed by atoms with van der Waals surface area (Å²) in [6.45, 7) is 5.31. The average Bonchev–Trinajstić information content (AvgIpc) is 3.15. The number of terminal acetylenes is 1. The summed E-state index contributed by atoms with van der Waals surface area (Å²) in [5.41, 5.74) is 1.84. The highest BCUT2D eigenvalue weighted by molar-refractivity contribution is 5.95. The Labute approximate surface area is 192 Å². The molecular formula is C27H28F2N2O2. The van der Waals surface area contributed by atoms with Crippen molar-refractivity contribution < 1.29 is 18.7 Å². The van der Waals surface area contributed by atoms with Gasteiger partial charge in [0.2, 0.25) is 0 Å². The van der Waals surface area contributed by atoms with E-state index in [1.807, 2.05) is 6.07 Å². The topological polar surface area (TPSA) is 56.3 Å². The molecule has 33 heavy (non-hydrogen) atoms. The van der Waals surface area contributed by atoms with E-state index in [1.54, 1.807) is 30.9 Å². The van der Waals surface area contributed by atoms with Gasteiger partial charge in [-0.3, -0.25) is 4.79 Å². The quantitative estimate of drug-likeness (QED) is 0.516. The molecular weight excluding hydrogens is 422 g/mol. The first-order chi connectivity index (χ1) is 15.7. The first-order valence-electron chi connectivity index (χ1n) is 11.3. The van der Waals surface area contributed by atoms with E-state index in [2.05, 4.69) is 17.8 Å². The van der Waals surface area contributed by atoms with Crippen LogP contribution in [0.4, 0.5) is 8.78 Å². The number of aromatic nitrogens is 1. The van der Waals surface area contributed by atoms with Crippen molar-refractivity contribution in [3.8, 4) is 12.3 Å². The predicted molar refractivity (Wildman–Crippen MR) is 124 cm³/mol. The first kappa shape index (κ1) is 23.0. The van der Waals surface area contributed by atoms with Crippen molar-refractivity contribution in [3.63, 3.8) is 0 Å². The van der Waals surface area contributed by atoms with Gasteiger partial charge in [-0.25, -0.2) is 8.78 Å². The van der Waals surface area contributed by atoms with Crippen LogP contribution >= 0.6 is 0 Å². The van der Waals surface area contributed by atoms with Gasteiger partial charge in [0.25, 0.3) is 5.91 Å². The minimum atomic E-state index is -1.21. The Balaban J connectivity index is 1.99. The highest BCUT2D eigenvalue weighted by Gasteiger charge is 2.40. The normalized spacial score (nSPS) is 18.3. The van der Waals surface area contributed by atoms with E-state index in [9.17, 15) is 14.3 Å². The molecule has 1 amide bonds. The van der Waals surface area contributed by atoms with Crippen LogP contribution in [-0.2, 0) is 16.8 Å². The molecule has 0 bridgehead atoms. The number of fused-ring (bicyclic) bond motifs is 3. The average molecular weight is 451 g/mol. The van der Waals surface area contributed by atoms with Gasteiger partial charge in [-0.15, -0.1) is 6.42 Å². The van der Waals surface area contributed by atoms with Gasteiger partial charge in [-0.2, -0.15) is 0 Å². The fraction of sp³-hybridized carbons (Fsp3) is 0.370. The molecule has 1 aromatic heterocycles. The zero-order valence-electron chi connectivity index (χ0n) is 19.1. The van der Waals surface area contributed by atoms with E-state index in [0.717, 1.165) is 24.8 Å². The fourth-order valence-electron chi connectivity index (χ4n) is 4.83. The van der Waals surface area contributed by atoms with Gasteiger partial charge in [0.1, 0.15) is 11.6 Å². The van der Waals surface area contributed by atoms with Crippen molar-refractivity contribution in [1.29, 1.82) is 0 Å². The van der Waals surface area contributed by atoms with Gasteiger partial charge in [0.05, 0.1) is 17.2 Å². The van der Waals surface area contributed by atoms with E-state index in [4.69, 9.17) is 6.42 Å². The van der Waals surface area contributed by atoms with E-state index in [-0.39, 0.29) is 11.9 Å². The molecule has 0 fully saturated rings. The summed E-state index contributed by atoms with van der Waals surface area (Å²) in [5, 5.41) is 11.2. The third kappa shape index (κ3) is 4.14. The number of H-pyrrole nitrogens is 1. The van der Waals surface area contributed by atoms with Crippen molar-refractivity contribution in [3.05, 3.63) is 70.4 Å². The number of nitrogens with zero attached hydrogens (tertiary/aromatic N) is 1. The Morgan fingerprint density at radius 2 is 1.97 bits per heavy atom. The van der Waals surface area contributed by atoms with Gasteiger partial charge in [0.15, 0.2) is 0 Å². The lowest BCUT2D eigenvalue weighted by atomic mass is 9.85. The van der Waals surface area contributed by atoms with E-state index >= 15 is 4.39 Å². The minimum Gasteiger partial charge on any atom is -0.386 e. The number of hydrogen-bond acceptors (Lipinski definition) is 2.